The fourth-order valence-electron chi connectivity index (χ4n) is 4.63. The number of hydrogen-bond acceptors (Lipinski definition) is 6. The Labute approximate surface area is 185 Å². The van der Waals surface area contributed by atoms with Crippen molar-refractivity contribution in [2.75, 3.05) is 11.9 Å². The Bertz CT molecular complexity index is 1200. The highest BCUT2D eigenvalue weighted by atomic mass is 19.4. The molecule has 0 radical (unpaired) electrons. The van der Waals surface area contributed by atoms with Crippen LogP contribution in [0.25, 0.3) is 5.69 Å². The van der Waals surface area contributed by atoms with Crippen molar-refractivity contribution in [3.05, 3.63) is 59.6 Å². The molecular formula is C21H19F4N7O. The number of aromatic nitrogens is 5. The Morgan fingerprint density at radius 2 is 1.94 bits per heavy atom. The maximum absolute atomic E-state index is 14.3. The van der Waals surface area contributed by atoms with E-state index in [1.165, 1.54) is 17.2 Å². The molecule has 5 rings (SSSR count). The number of fused-ring (bicyclic) bond motifs is 2. The van der Waals surface area contributed by atoms with Crippen LogP contribution in [0.2, 0.25) is 0 Å². The number of amides is 1. The SMILES string of the molecule is Cc1ccc(-n2nccn2)c(C(=O)N2CC3CC(Nc4ncc(C(F)(F)F)cc4F)C2C3)n1. The van der Waals surface area contributed by atoms with Crippen molar-refractivity contribution in [1.82, 2.24) is 29.9 Å². The molecule has 2 bridgehead atoms. The first kappa shape index (κ1) is 21.3. The molecule has 2 aliphatic rings. The van der Waals surface area contributed by atoms with Crippen LogP contribution >= 0.6 is 0 Å². The highest BCUT2D eigenvalue weighted by Gasteiger charge is 2.48. The van der Waals surface area contributed by atoms with E-state index in [4.69, 9.17) is 0 Å². The van der Waals surface area contributed by atoms with Gasteiger partial charge in [0.15, 0.2) is 17.3 Å². The number of carbonyl (C=O) groups is 1. The smallest absolute Gasteiger partial charge is 0.363 e. The van der Waals surface area contributed by atoms with Gasteiger partial charge < -0.3 is 10.2 Å². The molecule has 1 saturated heterocycles. The van der Waals surface area contributed by atoms with Crippen molar-refractivity contribution in [2.45, 2.75) is 38.0 Å². The minimum atomic E-state index is -4.68. The summed E-state index contributed by atoms with van der Waals surface area (Å²) >= 11 is 0. The van der Waals surface area contributed by atoms with E-state index in [0.717, 1.165) is 0 Å². The fraction of sp³-hybridized carbons (Fsp3) is 0.381. The van der Waals surface area contributed by atoms with E-state index in [2.05, 4.69) is 25.5 Å². The number of halogens is 4. The van der Waals surface area contributed by atoms with Crippen molar-refractivity contribution >= 4 is 11.7 Å². The fourth-order valence-corrected chi connectivity index (χ4v) is 4.63. The highest BCUT2D eigenvalue weighted by Crippen LogP contribution is 2.40. The topological polar surface area (TPSA) is 88.8 Å². The van der Waals surface area contributed by atoms with Crippen LogP contribution in [0, 0.1) is 18.7 Å². The van der Waals surface area contributed by atoms with Gasteiger partial charge in [-0.2, -0.15) is 23.4 Å². The van der Waals surface area contributed by atoms with Gasteiger partial charge in [-0.25, -0.2) is 14.4 Å². The van der Waals surface area contributed by atoms with Gasteiger partial charge in [0.05, 0.1) is 24.0 Å². The molecule has 8 nitrogen and oxygen atoms in total. The van der Waals surface area contributed by atoms with Gasteiger partial charge in [0.1, 0.15) is 5.69 Å². The molecule has 4 heterocycles. The van der Waals surface area contributed by atoms with Crippen LogP contribution in [0.4, 0.5) is 23.4 Å². The Kier molecular flexibility index (Phi) is 5.02. The van der Waals surface area contributed by atoms with E-state index in [-0.39, 0.29) is 35.4 Å². The van der Waals surface area contributed by atoms with Crippen molar-refractivity contribution in [3.63, 3.8) is 0 Å². The standard InChI is InChI=1S/C21H19F4N7O/c1-11-2-3-16(32-27-4-5-28-32)18(29-11)20(33)31-10-12-6-15(17(31)7-12)30-19-14(22)8-13(9-26-19)21(23,24)25/h2-5,8-9,12,15,17H,6-7,10H2,1H3,(H,26,30). The van der Waals surface area contributed by atoms with Crippen molar-refractivity contribution in [2.24, 2.45) is 5.92 Å². The predicted octanol–water partition coefficient (Wildman–Crippen LogP) is 3.24. The number of pyridine rings is 2. The normalized spacial score (nSPS) is 22.1. The molecule has 1 N–H and O–H groups in total. The summed E-state index contributed by atoms with van der Waals surface area (Å²) in [6.07, 6.45) is 0.277. The van der Waals surface area contributed by atoms with E-state index in [0.29, 0.717) is 43.0 Å². The van der Waals surface area contributed by atoms with Crippen LogP contribution in [-0.2, 0) is 6.18 Å². The van der Waals surface area contributed by atoms with Gasteiger partial charge in [-0.3, -0.25) is 4.79 Å². The third-order valence-electron chi connectivity index (χ3n) is 6.08. The van der Waals surface area contributed by atoms with Crippen LogP contribution in [0.1, 0.15) is 34.6 Å². The maximum atomic E-state index is 14.3. The molecule has 3 unspecified atom stereocenters. The van der Waals surface area contributed by atoms with Crippen molar-refractivity contribution in [3.8, 4) is 5.69 Å². The molecule has 3 aromatic heterocycles. The molecule has 1 amide bonds. The van der Waals surface area contributed by atoms with Crippen LogP contribution in [0.5, 0.6) is 0 Å². The minimum absolute atomic E-state index is 0.185. The summed E-state index contributed by atoms with van der Waals surface area (Å²) in [4.78, 5) is 24.5. The third-order valence-corrected chi connectivity index (χ3v) is 6.08. The lowest BCUT2D eigenvalue weighted by Gasteiger charge is -2.34. The average Bonchev–Trinajstić information content (AvgIpc) is 3.51. The van der Waals surface area contributed by atoms with E-state index < -0.39 is 17.6 Å². The summed E-state index contributed by atoms with van der Waals surface area (Å²) in [7, 11) is 0. The van der Waals surface area contributed by atoms with Gasteiger partial charge in [-0.05, 0) is 43.9 Å². The molecule has 2 fully saturated rings. The number of hydrogen-bond donors (Lipinski definition) is 1. The van der Waals surface area contributed by atoms with E-state index in [1.54, 1.807) is 24.0 Å². The summed E-state index contributed by atoms with van der Waals surface area (Å²) in [6.45, 7) is 2.29. The van der Waals surface area contributed by atoms with Crippen LogP contribution < -0.4 is 5.32 Å². The first-order valence-corrected chi connectivity index (χ1v) is 10.4. The molecule has 3 aromatic rings. The predicted molar refractivity (Wildman–Crippen MR) is 108 cm³/mol. The zero-order chi connectivity index (χ0) is 23.3. The van der Waals surface area contributed by atoms with Crippen molar-refractivity contribution < 1.29 is 22.4 Å². The van der Waals surface area contributed by atoms with Crippen LogP contribution in [0.15, 0.2) is 36.8 Å². The molecule has 0 aromatic carbocycles. The molecular weight excluding hydrogens is 442 g/mol. The van der Waals surface area contributed by atoms with Crippen LogP contribution in [-0.4, -0.2) is 54.4 Å². The number of nitrogens with one attached hydrogen (secondary N) is 1. The summed E-state index contributed by atoms with van der Waals surface area (Å²) in [5.41, 5.74) is 0.152. The van der Waals surface area contributed by atoms with Crippen LogP contribution in [0.3, 0.4) is 0 Å². The Balaban J connectivity index is 1.39. The zero-order valence-corrected chi connectivity index (χ0v) is 17.4. The molecule has 1 saturated carbocycles. The summed E-state index contributed by atoms with van der Waals surface area (Å²) in [6, 6.07) is 3.29. The third kappa shape index (κ3) is 3.89. The lowest BCUT2D eigenvalue weighted by Crippen LogP contribution is -2.48. The molecule has 3 atom stereocenters. The lowest BCUT2D eigenvalue weighted by atomic mass is 10.0. The summed E-state index contributed by atoms with van der Waals surface area (Å²) in [5.74, 6) is -1.46. The number of anilines is 1. The summed E-state index contributed by atoms with van der Waals surface area (Å²) < 4.78 is 52.7. The van der Waals surface area contributed by atoms with Gasteiger partial charge in [0, 0.05) is 24.5 Å². The second-order valence-electron chi connectivity index (χ2n) is 8.30. The summed E-state index contributed by atoms with van der Waals surface area (Å²) in [5, 5.41) is 11.1. The number of nitrogens with zero attached hydrogens (tertiary/aromatic N) is 6. The largest absolute Gasteiger partial charge is 0.417 e. The van der Waals surface area contributed by atoms with Gasteiger partial charge in [-0.1, -0.05) is 0 Å². The number of alkyl halides is 3. The number of rotatable bonds is 4. The molecule has 12 heteroatoms. The molecule has 0 spiro atoms. The lowest BCUT2D eigenvalue weighted by molar-refractivity contribution is -0.138. The second kappa shape index (κ2) is 7.78. The molecule has 33 heavy (non-hydrogen) atoms. The number of carbonyl (C=O) groups excluding carboxylic acids is 1. The monoisotopic (exact) mass is 461 g/mol. The molecule has 172 valence electrons. The number of aryl methyl sites for hydroxylation is 1. The molecule has 1 aliphatic carbocycles. The van der Waals surface area contributed by atoms with Crippen molar-refractivity contribution in [1.29, 1.82) is 0 Å². The Hall–Kier alpha value is -3.57. The van der Waals surface area contributed by atoms with Gasteiger partial charge in [0.2, 0.25) is 0 Å². The maximum Gasteiger partial charge on any atom is 0.417 e. The van der Waals surface area contributed by atoms with E-state index >= 15 is 0 Å². The van der Waals surface area contributed by atoms with E-state index in [9.17, 15) is 22.4 Å². The highest BCUT2D eigenvalue weighted by molar-refractivity contribution is 5.96. The van der Waals surface area contributed by atoms with E-state index in [1.807, 2.05) is 0 Å². The quantitative estimate of drug-likeness (QED) is 0.601. The second-order valence-corrected chi connectivity index (χ2v) is 8.30. The van der Waals surface area contributed by atoms with Gasteiger partial charge in [-0.15, -0.1) is 4.80 Å². The average molecular weight is 461 g/mol. The molecule has 1 aliphatic heterocycles. The first-order chi connectivity index (χ1) is 15.7. The Morgan fingerprint density at radius 1 is 1.18 bits per heavy atom. The number of likely N-dealkylation sites (tertiary alicyclic amines) is 1. The number of piperidine rings is 1. The zero-order valence-electron chi connectivity index (χ0n) is 17.4. The minimum Gasteiger partial charge on any atom is -0.363 e. The van der Waals surface area contributed by atoms with Gasteiger partial charge >= 0.3 is 6.18 Å². The first-order valence-electron chi connectivity index (χ1n) is 10.4. The Morgan fingerprint density at radius 3 is 2.61 bits per heavy atom. The van der Waals surface area contributed by atoms with Gasteiger partial charge in [0.25, 0.3) is 5.91 Å².